The van der Waals surface area contributed by atoms with Gasteiger partial charge in [-0.05, 0) is 43.3 Å². The van der Waals surface area contributed by atoms with Crippen LogP contribution in [0.25, 0.3) is 0 Å². The number of amides is 2. The standard InChI is InChI=1S/C18H15F3N2O4/c1-10-17(25)23-14-8-12(5-6-15(14)27-10)22-16(24)9-26-13-4-2-3-11(7-13)18(19,20)21/h2-8,10H,9H2,1H3,(H,22,24)(H,23,25)/t10-/m1/s1. The Morgan fingerprint density at radius 3 is 2.78 bits per heavy atom. The zero-order valence-corrected chi connectivity index (χ0v) is 14.1. The molecule has 1 heterocycles. The summed E-state index contributed by atoms with van der Waals surface area (Å²) >= 11 is 0. The number of anilines is 2. The van der Waals surface area contributed by atoms with E-state index in [1.54, 1.807) is 19.1 Å². The van der Waals surface area contributed by atoms with Gasteiger partial charge in [-0.3, -0.25) is 9.59 Å². The fraction of sp³-hybridized carbons (Fsp3) is 0.222. The number of rotatable bonds is 4. The highest BCUT2D eigenvalue weighted by atomic mass is 19.4. The zero-order valence-electron chi connectivity index (χ0n) is 14.1. The number of hydrogen-bond donors (Lipinski definition) is 2. The second-order valence-corrected chi connectivity index (χ2v) is 5.82. The summed E-state index contributed by atoms with van der Waals surface area (Å²) in [5, 5.41) is 5.19. The molecule has 142 valence electrons. The topological polar surface area (TPSA) is 76.7 Å². The van der Waals surface area contributed by atoms with Crippen LogP contribution >= 0.6 is 0 Å². The van der Waals surface area contributed by atoms with Crippen LogP contribution in [-0.2, 0) is 15.8 Å². The third kappa shape index (κ3) is 4.49. The highest BCUT2D eigenvalue weighted by Crippen LogP contribution is 2.32. The number of hydrogen-bond acceptors (Lipinski definition) is 4. The van der Waals surface area contributed by atoms with Crippen LogP contribution in [-0.4, -0.2) is 24.5 Å². The lowest BCUT2D eigenvalue weighted by Crippen LogP contribution is -2.34. The molecule has 2 aromatic carbocycles. The second-order valence-electron chi connectivity index (χ2n) is 5.82. The van der Waals surface area contributed by atoms with Crippen molar-refractivity contribution in [2.24, 2.45) is 0 Å². The molecule has 0 aromatic heterocycles. The molecule has 0 saturated carbocycles. The van der Waals surface area contributed by atoms with Crippen LogP contribution in [0.4, 0.5) is 24.5 Å². The third-order valence-electron chi connectivity index (χ3n) is 3.73. The van der Waals surface area contributed by atoms with Gasteiger partial charge >= 0.3 is 6.18 Å². The molecule has 2 amide bonds. The Labute approximate surface area is 152 Å². The van der Waals surface area contributed by atoms with Crippen molar-refractivity contribution in [1.29, 1.82) is 0 Å². The summed E-state index contributed by atoms with van der Waals surface area (Å²) < 4.78 is 48.5. The van der Waals surface area contributed by atoms with Crippen LogP contribution in [0.15, 0.2) is 42.5 Å². The van der Waals surface area contributed by atoms with Crippen molar-refractivity contribution in [2.75, 3.05) is 17.2 Å². The van der Waals surface area contributed by atoms with Gasteiger partial charge in [-0.1, -0.05) is 6.07 Å². The molecular weight excluding hydrogens is 365 g/mol. The van der Waals surface area contributed by atoms with Crippen LogP contribution in [0, 0.1) is 0 Å². The average Bonchev–Trinajstić information content (AvgIpc) is 2.61. The van der Waals surface area contributed by atoms with E-state index in [-0.39, 0.29) is 11.7 Å². The van der Waals surface area contributed by atoms with Gasteiger partial charge in [-0.15, -0.1) is 0 Å². The lowest BCUT2D eigenvalue weighted by molar-refractivity contribution is -0.137. The summed E-state index contributed by atoms with van der Waals surface area (Å²) in [6, 6.07) is 8.94. The Bertz CT molecular complexity index is 883. The lowest BCUT2D eigenvalue weighted by Gasteiger charge is -2.23. The molecule has 6 nitrogen and oxygen atoms in total. The van der Waals surface area contributed by atoms with Gasteiger partial charge < -0.3 is 20.1 Å². The normalized spacial score (nSPS) is 16.0. The number of carbonyl (C=O) groups is 2. The Kier molecular flexibility index (Phi) is 4.93. The Morgan fingerprint density at radius 2 is 2.04 bits per heavy atom. The Balaban J connectivity index is 1.60. The molecular formula is C18H15F3N2O4. The second kappa shape index (κ2) is 7.18. The molecule has 0 unspecified atom stereocenters. The predicted molar refractivity (Wildman–Crippen MR) is 90.7 cm³/mol. The van der Waals surface area contributed by atoms with E-state index in [1.165, 1.54) is 18.2 Å². The molecule has 0 saturated heterocycles. The van der Waals surface area contributed by atoms with Crippen LogP contribution in [0.2, 0.25) is 0 Å². The van der Waals surface area contributed by atoms with Crippen LogP contribution in [0.3, 0.4) is 0 Å². The van der Waals surface area contributed by atoms with E-state index in [9.17, 15) is 22.8 Å². The van der Waals surface area contributed by atoms with Gasteiger partial charge in [-0.2, -0.15) is 13.2 Å². The first-order valence-electron chi connectivity index (χ1n) is 7.94. The molecule has 2 aromatic rings. The highest BCUT2D eigenvalue weighted by Gasteiger charge is 2.30. The smallest absolute Gasteiger partial charge is 0.416 e. The first-order chi connectivity index (χ1) is 12.7. The molecule has 1 aliphatic rings. The summed E-state index contributed by atoms with van der Waals surface area (Å²) in [5.74, 6) is -0.469. The van der Waals surface area contributed by atoms with E-state index < -0.39 is 30.4 Å². The minimum atomic E-state index is -4.49. The van der Waals surface area contributed by atoms with Gasteiger partial charge in [0.2, 0.25) is 0 Å². The summed E-state index contributed by atoms with van der Waals surface area (Å²) in [7, 11) is 0. The van der Waals surface area contributed by atoms with E-state index in [0.717, 1.165) is 12.1 Å². The summed E-state index contributed by atoms with van der Waals surface area (Å²) in [6.07, 6.45) is -5.10. The van der Waals surface area contributed by atoms with Gasteiger partial charge in [0, 0.05) is 5.69 Å². The van der Waals surface area contributed by atoms with Crippen molar-refractivity contribution in [3.05, 3.63) is 48.0 Å². The van der Waals surface area contributed by atoms with Crippen molar-refractivity contribution >= 4 is 23.2 Å². The van der Waals surface area contributed by atoms with Gasteiger partial charge in [-0.25, -0.2) is 0 Å². The number of benzene rings is 2. The predicted octanol–water partition coefficient (Wildman–Crippen LogP) is 3.44. The number of nitrogens with one attached hydrogen (secondary N) is 2. The Hall–Kier alpha value is -3.23. The van der Waals surface area contributed by atoms with Crippen molar-refractivity contribution in [2.45, 2.75) is 19.2 Å². The first-order valence-corrected chi connectivity index (χ1v) is 7.94. The minimum Gasteiger partial charge on any atom is -0.484 e. The lowest BCUT2D eigenvalue weighted by atomic mass is 10.2. The van der Waals surface area contributed by atoms with Crippen LogP contribution in [0.5, 0.6) is 11.5 Å². The van der Waals surface area contributed by atoms with Crippen molar-refractivity contribution in [3.8, 4) is 11.5 Å². The maximum atomic E-state index is 12.7. The van der Waals surface area contributed by atoms with Gasteiger partial charge in [0.25, 0.3) is 11.8 Å². The van der Waals surface area contributed by atoms with E-state index in [1.807, 2.05) is 0 Å². The highest BCUT2D eigenvalue weighted by molar-refractivity contribution is 5.99. The molecule has 27 heavy (non-hydrogen) atoms. The first kappa shape index (κ1) is 18.6. The molecule has 3 rings (SSSR count). The molecule has 0 bridgehead atoms. The van der Waals surface area contributed by atoms with Crippen molar-refractivity contribution in [3.63, 3.8) is 0 Å². The molecule has 0 radical (unpaired) electrons. The molecule has 2 N–H and O–H groups in total. The average molecular weight is 380 g/mol. The molecule has 0 fully saturated rings. The summed E-state index contributed by atoms with van der Waals surface area (Å²) in [5.41, 5.74) is -0.0698. The quantitative estimate of drug-likeness (QED) is 0.852. The number of halogens is 3. The molecule has 0 aliphatic carbocycles. The maximum absolute atomic E-state index is 12.7. The number of fused-ring (bicyclic) bond motifs is 1. The van der Waals surface area contributed by atoms with E-state index in [4.69, 9.17) is 9.47 Å². The largest absolute Gasteiger partial charge is 0.484 e. The summed E-state index contributed by atoms with van der Waals surface area (Å²) in [4.78, 5) is 23.6. The third-order valence-corrected chi connectivity index (χ3v) is 3.73. The summed E-state index contributed by atoms with van der Waals surface area (Å²) in [6.45, 7) is 1.14. The van der Waals surface area contributed by atoms with E-state index in [2.05, 4.69) is 10.6 Å². The van der Waals surface area contributed by atoms with Crippen LogP contribution < -0.4 is 20.1 Å². The van der Waals surface area contributed by atoms with Crippen molar-refractivity contribution in [1.82, 2.24) is 0 Å². The fourth-order valence-electron chi connectivity index (χ4n) is 2.39. The molecule has 0 spiro atoms. The fourth-order valence-corrected chi connectivity index (χ4v) is 2.39. The molecule has 1 atom stereocenters. The number of alkyl halides is 3. The van der Waals surface area contributed by atoms with E-state index >= 15 is 0 Å². The monoisotopic (exact) mass is 380 g/mol. The number of ether oxygens (including phenoxy) is 2. The molecule has 9 heteroatoms. The Morgan fingerprint density at radius 1 is 1.26 bits per heavy atom. The van der Waals surface area contributed by atoms with Gasteiger partial charge in [0.05, 0.1) is 11.3 Å². The van der Waals surface area contributed by atoms with E-state index in [0.29, 0.717) is 17.1 Å². The minimum absolute atomic E-state index is 0.0694. The zero-order chi connectivity index (χ0) is 19.6. The van der Waals surface area contributed by atoms with Crippen LogP contribution in [0.1, 0.15) is 12.5 Å². The SMILES string of the molecule is C[C@H]1Oc2ccc(NC(=O)COc3cccc(C(F)(F)F)c3)cc2NC1=O. The van der Waals surface area contributed by atoms with Crippen molar-refractivity contribution < 1.29 is 32.2 Å². The van der Waals surface area contributed by atoms with Gasteiger partial charge in [0.15, 0.2) is 12.7 Å². The van der Waals surface area contributed by atoms with Gasteiger partial charge in [0.1, 0.15) is 11.5 Å². The maximum Gasteiger partial charge on any atom is 0.416 e. The number of carbonyl (C=O) groups excluding carboxylic acids is 2. The molecule has 1 aliphatic heterocycles.